The van der Waals surface area contributed by atoms with Crippen molar-refractivity contribution in [2.24, 2.45) is 7.05 Å². The summed E-state index contributed by atoms with van der Waals surface area (Å²) < 4.78 is 2.14. The van der Waals surface area contributed by atoms with Crippen molar-refractivity contribution in [2.45, 2.75) is 6.54 Å². The SMILES string of the molecule is Cn1cc(NCc2ccc(N)cc2)c2ccccc21. The Bertz CT molecular complexity index is 696. The molecule has 3 N–H and O–H groups in total. The maximum atomic E-state index is 5.69. The Morgan fingerprint density at radius 1 is 1.05 bits per heavy atom. The van der Waals surface area contributed by atoms with Gasteiger partial charge in [0, 0.05) is 36.4 Å². The number of benzene rings is 2. The highest BCUT2D eigenvalue weighted by Gasteiger charge is 2.04. The standard InChI is InChI=1S/C16H17N3/c1-19-11-15(14-4-2-3-5-16(14)19)18-10-12-6-8-13(17)9-7-12/h2-9,11,18H,10,17H2,1H3. The number of rotatable bonds is 3. The van der Waals surface area contributed by atoms with Crippen molar-refractivity contribution < 1.29 is 0 Å². The minimum Gasteiger partial charge on any atom is -0.399 e. The summed E-state index contributed by atoms with van der Waals surface area (Å²) in [6.45, 7) is 0.800. The van der Waals surface area contributed by atoms with Gasteiger partial charge in [0.05, 0.1) is 5.69 Å². The summed E-state index contributed by atoms with van der Waals surface area (Å²) in [5, 5.41) is 4.73. The van der Waals surface area contributed by atoms with Crippen LogP contribution in [0, 0.1) is 0 Å². The lowest BCUT2D eigenvalue weighted by Gasteiger charge is -2.05. The van der Waals surface area contributed by atoms with Crippen LogP contribution in [0.3, 0.4) is 0 Å². The van der Waals surface area contributed by atoms with E-state index in [1.165, 1.54) is 16.5 Å². The first-order valence-electron chi connectivity index (χ1n) is 6.36. The normalized spacial score (nSPS) is 10.8. The second-order valence-corrected chi connectivity index (χ2v) is 4.77. The summed E-state index contributed by atoms with van der Waals surface area (Å²) in [7, 11) is 2.07. The van der Waals surface area contributed by atoms with Crippen molar-refractivity contribution >= 4 is 22.3 Å². The number of aryl methyl sites for hydroxylation is 1. The molecule has 0 bridgehead atoms. The molecule has 0 aliphatic carbocycles. The zero-order valence-corrected chi connectivity index (χ0v) is 10.9. The van der Waals surface area contributed by atoms with E-state index in [1.807, 2.05) is 24.3 Å². The monoisotopic (exact) mass is 251 g/mol. The second-order valence-electron chi connectivity index (χ2n) is 4.77. The van der Waals surface area contributed by atoms with Gasteiger partial charge in [0.1, 0.15) is 0 Å². The number of nitrogens with one attached hydrogen (secondary N) is 1. The molecule has 19 heavy (non-hydrogen) atoms. The number of hydrogen-bond acceptors (Lipinski definition) is 2. The van der Waals surface area contributed by atoms with Crippen LogP contribution in [0.5, 0.6) is 0 Å². The molecular weight excluding hydrogens is 234 g/mol. The van der Waals surface area contributed by atoms with Gasteiger partial charge in [0.2, 0.25) is 0 Å². The van der Waals surface area contributed by atoms with Gasteiger partial charge in [0.15, 0.2) is 0 Å². The molecule has 3 rings (SSSR count). The van der Waals surface area contributed by atoms with Gasteiger partial charge in [-0.2, -0.15) is 0 Å². The van der Waals surface area contributed by atoms with Crippen LogP contribution in [0.4, 0.5) is 11.4 Å². The molecule has 96 valence electrons. The lowest BCUT2D eigenvalue weighted by molar-refractivity contribution is 0.967. The molecule has 0 aliphatic rings. The number of aromatic nitrogens is 1. The van der Waals surface area contributed by atoms with Crippen LogP contribution < -0.4 is 11.1 Å². The van der Waals surface area contributed by atoms with E-state index in [9.17, 15) is 0 Å². The van der Waals surface area contributed by atoms with Gasteiger partial charge in [-0.05, 0) is 23.8 Å². The molecule has 0 spiro atoms. The second kappa shape index (κ2) is 4.69. The molecule has 0 fully saturated rings. The van der Waals surface area contributed by atoms with Crippen LogP contribution in [0.15, 0.2) is 54.7 Å². The highest BCUT2D eigenvalue weighted by atomic mass is 15.0. The number of nitrogens with zero attached hydrogens (tertiary/aromatic N) is 1. The third-order valence-electron chi connectivity index (χ3n) is 3.36. The number of nitrogen functional groups attached to an aromatic ring is 1. The van der Waals surface area contributed by atoms with Crippen LogP contribution in [0.2, 0.25) is 0 Å². The summed E-state index contributed by atoms with van der Waals surface area (Å²) >= 11 is 0. The summed E-state index contributed by atoms with van der Waals surface area (Å²) in [6, 6.07) is 16.4. The first-order valence-corrected chi connectivity index (χ1v) is 6.36. The molecule has 0 aliphatic heterocycles. The van der Waals surface area contributed by atoms with Crippen LogP contribution in [0.25, 0.3) is 10.9 Å². The molecular formula is C16H17N3. The van der Waals surface area contributed by atoms with E-state index in [0.29, 0.717) is 0 Å². The third-order valence-corrected chi connectivity index (χ3v) is 3.36. The molecule has 3 nitrogen and oxygen atoms in total. The Morgan fingerprint density at radius 3 is 2.58 bits per heavy atom. The minimum atomic E-state index is 0.800. The number of para-hydroxylation sites is 1. The van der Waals surface area contributed by atoms with E-state index >= 15 is 0 Å². The molecule has 0 amide bonds. The van der Waals surface area contributed by atoms with Crippen molar-refractivity contribution in [1.82, 2.24) is 4.57 Å². The van der Waals surface area contributed by atoms with Gasteiger partial charge in [-0.1, -0.05) is 30.3 Å². The van der Waals surface area contributed by atoms with E-state index in [4.69, 9.17) is 5.73 Å². The fraction of sp³-hybridized carbons (Fsp3) is 0.125. The molecule has 2 aromatic carbocycles. The van der Waals surface area contributed by atoms with Crippen LogP contribution >= 0.6 is 0 Å². The van der Waals surface area contributed by atoms with Gasteiger partial charge >= 0.3 is 0 Å². The molecule has 0 atom stereocenters. The molecule has 1 heterocycles. The lowest BCUT2D eigenvalue weighted by Crippen LogP contribution is -1.99. The highest BCUT2D eigenvalue weighted by molar-refractivity contribution is 5.92. The topological polar surface area (TPSA) is 43.0 Å². The van der Waals surface area contributed by atoms with Crippen LogP contribution in [-0.2, 0) is 13.6 Å². The summed E-state index contributed by atoms with van der Waals surface area (Å²) in [4.78, 5) is 0. The van der Waals surface area contributed by atoms with Gasteiger partial charge in [-0.3, -0.25) is 0 Å². The van der Waals surface area contributed by atoms with Crippen molar-refractivity contribution in [3.8, 4) is 0 Å². The number of nitrogens with two attached hydrogens (primary N) is 1. The van der Waals surface area contributed by atoms with Gasteiger partial charge in [-0.25, -0.2) is 0 Å². The van der Waals surface area contributed by atoms with Gasteiger partial charge in [-0.15, -0.1) is 0 Å². The van der Waals surface area contributed by atoms with Gasteiger partial charge < -0.3 is 15.6 Å². The number of fused-ring (bicyclic) bond motifs is 1. The summed E-state index contributed by atoms with van der Waals surface area (Å²) in [6.07, 6.45) is 2.13. The fourth-order valence-corrected chi connectivity index (χ4v) is 2.32. The average Bonchev–Trinajstić information content (AvgIpc) is 2.76. The Kier molecular flexibility index (Phi) is 2.88. The molecule has 0 saturated carbocycles. The first-order chi connectivity index (χ1) is 9.24. The van der Waals surface area contributed by atoms with E-state index < -0.39 is 0 Å². The number of anilines is 2. The minimum absolute atomic E-state index is 0.800. The Hall–Kier alpha value is -2.42. The predicted octanol–water partition coefficient (Wildman–Crippen LogP) is 3.37. The smallest absolute Gasteiger partial charge is 0.0602 e. The van der Waals surface area contributed by atoms with Crippen molar-refractivity contribution in [2.75, 3.05) is 11.1 Å². The molecule has 1 aromatic heterocycles. The van der Waals surface area contributed by atoms with Crippen LogP contribution in [-0.4, -0.2) is 4.57 Å². The molecule has 3 aromatic rings. The van der Waals surface area contributed by atoms with E-state index in [-0.39, 0.29) is 0 Å². The highest BCUT2D eigenvalue weighted by Crippen LogP contribution is 2.25. The summed E-state index contributed by atoms with van der Waals surface area (Å²) in [5.41, 5.74) is 10.1. The van der Waals surface area contributed by atoms with Crippen molar-refractivity contribution in [3.63, 3.8) is 0 Å². The van der Waals surface area contributed by atoms with E-state index in [1.54, 1.807) is 0 Å². The van der Waals surface area contributed by atoms with E-state index in [0.717, 1.165) is 17.9 Å². The number of hydrogen-bond donors (Lipinski definition) is 2. The third kappa shape index (κ3) is 2.27. The maximum absolute atomic E-state index is 5.69. The molecule has 0 saturated heterocycles. The molecule has 3 heteroatoms. The Balaban J connectivity index is 1.84. The lowest BCUT2D eigenvalue weighted by atomic mass is 10.2. The zero-order valence-electron chi connectivity index (χ0n) is 10.9. The largest absolute Gasteiger partial charge is 0.399 e. The Morgan fingerprint density at radius 2 is 1.79 bits per heavy atom. The zero-order chi connectivity index (χ0) is 13.2. The van der Waals surface area contributed by atoms with E-state index in [2.05, 4.69) is 47.4 Å². The van der Waals surface area contributed by atoms with Crippen LogP contribution in [0.1, 0.15) is 5.56 Å². The quantitative estimate of drug-likeness (QED) is 0.701. The van der Waals surface area contributed by atoms with Crippen molar-refractivity contribution in [3.05, 3.63) is 60.3 Å². The van der Waals surface area contributed by atoms with Crippen molar-refractivity contribution in [1.29, 1.82) is 0 Å². The average molecular weight is 251 g/mol. The maximum Gasteiger partial charge on any atom is 0.0602 e. The molecule has 0 radical (unpaired) electrons. The molecule has 0 unspecified atom stereocenters. The predicted molar refractivity (Wildman–Crippen MR) is 81.1 cm³/mol. The Labute approximate surface area is 112 Å². The first kappa shape index (κ1) is 11.7. The fourth-order valence-electron chi connectivity index (χ4n) is 2.32. The summed E-state index contributed by atoms with van der Waals surface area (Å²) in [5.74, 6) is 0. The van der Waals surface area contributed by atoms with Gasteiger partial charge in [0.25, 0.3) is 0 Å².